The second-order valence-corrected chi connectivity index (χ2v) is 8.89. The predicted molar refractivity (Wildman–Crippen MR) is 121 cm³/mol. The van der Waals surface area contributed by atoms with E-state index in [-0.39, 0.29) is 18.2 Å². The molecule has 2 N–H and O–H groups in total. The van der Waals surface area contributed by atoms with Crippen molar-refractivity contribution in [2.45, 2.75) is 51.4 Å². The fourth-order valence-electron chi connectivity index (χ4n) is 3.83. The highest BCUT2D eigenvalue weighted by molar-refractivity contribution is 7.15. The molecule has 166 valence electrons. The minimum Gasteiger partial charge on any atom is -0.309 e. The van der Waals surface area contributed by atoms with E-state index in [1.54, 1.807) is 12.3 Å². The SMILES string of the molecule is CCC(=O)Nc1nnc([C@H]2CC[C@@H](Cc3ccc(NC(=O)Cc4ccccn4)nn3)C2)s1. The van der Waals surface area contributed by atoms with Crippen LogP contribution in [0, 0.1) is 5.92 Å². The van der Waals surface area contributed by atoms with Gasteiger partial charge in [-0.3, -0.25) is 14.6 Å². The molecule has 32 heavy (non-hydrogen) atoms. The van der Waals surface area contributed by atoms with Crippen LogP contribution in [0.15, 0.2) is 36.5 Å². The number of hydrogen-bond donors (Lipinski definition) is 2. The third-order valence-electron chi connectivity index (χ3n) is 5.45. The topological polar surface area (TPSA) is 123 Å². The van der Waals surface area contributed by atoms with Gasteiger partial charge in [-0.15, -0.1) is 15.3 Å². The van der Waals surface area contributed by atoms with Gasteiger partial charge < -0.3 is 10.6 Å². The summed E-state index contributed by atoms with van der Waals surface area (Å²) >= 11 is 1.46. The van der Waals surface area contributed by atoms with Crippen LogP contribution in [0.1, 0.15) is 54.9 Å². The van der Waals surface area contributed by atoms with Crippen LogP contribution in [0.4, 0.5) is 10.9 Å². The smallest absolute Gasteiger partial charge is 0.231 e. The van der Waals surface area contributed by atoms with Crippen molar-refractivity contribution in [1.29, 1.82) is 0 Å². The van der Waals surface area contributed by atoms with Crippen molar-refractivity contribution in [2.75, 3.05) is 10.6 Å². The summed E-state index contributed by atoms with van der Waals surface area (Å²) in [5.74, 6) is 1.08. The van der Waals surface area contributed by atoms with Crippen LogP contribution in [0.25, 0.3) is 0 Å². The summed E-state index contributed by atoms with van der Waals surface area (Å²) in [5, 5.41) is 23.9. The van der Waals surface area contributed by atoms with Gasteiger partial charge in [-0.2, -0.15) is 5.10 Å². The number of hydrogen-bond acceptors (Lipinski definition) is 8. The Labute approximate surface area is 190 Å². The standard InChI is InChI=1S/C22H25N7O2S/c1-2-19(30)25-22-29-28-21(32-22)15-7-6-14(11-15)12-17-8-9-18(27-26-17)24-20(31)13-16-5-3-4-10-23-16/h3-5,8-10,14-15H,2,6-7,11-13H2,1H3,(H,24,27,31)(H,25,29,30)/t14-,15+/m1/s1. The van der Waals surface area contributed by atoms with Gasteiger partial charge in [0, 0.05) is 24.2 Å². The molecule has 1 fully saturated rings. The van der Waals surface area contributed by atoms with Gasteiger partial charge in [-0.05, 0) is 55.9 Å². The van der Waals surface area contributed by atoms with E-state index in [2.05, 4.69) is 36.0 Å². The van der Waals surface area contributed by atoms with Crippen molar-refractivity contribution in [1.82, 2.24) is 25.4 Å². The first-order valence-electron chi connectivity index (χ1n) is 10.7. The fourth-order valence-corrected chi connectivity index (χ4v) is 4.73. The Hall–Kier alpha value is -3.27. The lowest BCUT2D eigenvalue weighted by Gasteiger charge is -2.09. The maximum absolute atomic E-state index is 12.1. The van der Waals surface area contributed by atoms with Crippen LogP contribution < -0.4 is 10.6 Å². The Balaban J connectivity index is 1.26. The van der Waals surface area contributed by atoms with E-state index in [1.807, 2.05) is 31.2 Å². The van der Waals surface area contributed by atoms with E-state index >= 15 is 0 Å². The molecular weight excluding hydrogens is 426 g/mol. The molecule has 1 aliphatic rings. The molecule has 0 aliphatic heterocycles. The first-order valence-corrected chi connectivity index (χ1v) is 11.6. The molecule has 10 heteroatoms. The Morgan fingerprint density at radius 3 is 2.66 bits per heavy atom. The van der Waals surface area contributed by atoms with Crippen molar-refractivity contribution >= 4 is 34.1 Å². The fraction of sp³-hybridized carbons (Fsp3) is 0.409. The van der Waals surface area contributed by atoms with Crippen LogP contribution in [0.3, 0.4) is 0 Å². The molecule has 0 spiro atoms. The molecule has 4 rings (SSSR count). The first-order chi connectivity index (χ1) is 15.6. The molecule has 3 aromatic heterocycles. The number of amides is 2. The quantitative estimate of drug-likeness (QED) is 0.538. The van der Waals surface area contributed by atoms with Gasteiger partial charge in [0.2, 0.25) is 16.9 Å². The summed E-state index contributed by atoms with van der Waals surface area (Å²) in [4.78, 5) is 27.8. The number of rotatable bonds is 8. The average Bonchev–Trinajstić information content (AvgIpc) is 3.45. The molecular formula is C22H25N7O2S. The largest absolute Gasteiger partial charge is 0.309 e. The monoisotopic (exact) mass is 451 g/mol. The van der Waals surface area contributed by atoms with Crippen molar-refractivity contribution in [3.63, 3.8) is 0 Å². The van der Waals surface area contributed by atoms with Crippen LogP contribution in [-0.2, 0) is 22.4 Å². The van der Waals surface area contributed by atoms with E-state index in [0.717, 1.165) is 36.4 Å². The summed E-state index contributed by atoms with van der Waals surface area (Å²) in [6.07, 6.45) is 6.28. The molecule has 3 aromatic rings. The molecule has 0 unspecified atom stereocenters. The van der Waals surface area contributed by atoms with Crippen molar-refractivity contribution in [3.05, 3.63) is 52.9 Å². The van der Waals surface area contributed by atoms with Gasteiger partial charge in [0.25, 0.3) is 0 Å². The number of nitrogens with one attached hydrogen (secondary N) is 2. The molecule has 0 bridgehead atoms. The molecule has 0 radical (unpaired) electrons. The Kier molecular flexibility index (Phi) is 7.10. The molecule has 1 aliphatic carbocycles. The highest BCUT2D eigenvalue weighted by Gasteiger charge is 2.29. The van der Waals surface area contributed by atoms with Gasteiger partial charge in [0.15, 0.2) is 5.82 Å². The molecule has 9 nitrogen and oxygen atoms in total. The Morgan fingerprint density at radius 1 is 1.00 bits per heavy atom. The van der Waals surface area contributed by atoms with Crippen LogP contribution in [-0.4, -0.2) is 37.2 Å². The van der Waals surface area contributed by atoms with Gasteiger partial charge in [-0.25, -0.2) is 0 Å². The molecule has 0 saturated heterocycles. The summed E-state index contributed by atoms with van der Waals surface area (Å²) in [7, 11) is 0. The molecule has 1 saturated carbocycles. The minimum atomic E-state index is -0.170. The maximum atomic E-state index is 12.1. The summed E-state index contributed by atoms with van der Waals surface area (Å²) in [6.45, 7) is 1.81. The van der Waals surface area contributed by atoms with E-state index in [1.165, 1.54) is 11.3 Å². The first kappa shape index (κ1) is 21.9. The zero-order valence-corrected chi connectivity index (χ0v) is 18.6. The minimum absolute atomic E-state index is 0.0491. The normalized spacial score (nSPS) is 17.8. The Bertz CT molecular complexity index is 1060. The second-order valence-electron chi connectivity index (χ2n) is 7.88. The van der Waals surface area contributed by atoms with Crippen LogP contribution in [0.5, 0.6) is 0 Å². The van der Waals surface area contributed by atoms with Gasteiger partial charge in [0.05, 0.1) is 12.1 Å². The van der Waals surface area contributed by atoms with Crippen LogP contribution >= 0.6 is 11.3 Å². The maximum Gasteiger partial charge on any atom is 0.231 e. The molecule has 0 aromatic carbocycles. The predicted octanol–water partition coefficient (Wildman–Crippen LogP) is 3.38. The lowest BCUT2D eigenvalue weighted by atomic mass is 10.00. The number of nitrogens with zero attached hydrogens (tertiary/aromatic N) is 5. The number of carbonyl (C=O) groups excluding carboxylic acids is 2. The van der Waals surface area contributed by atoms with E-state index < -0.39 is 0 Å². The average molecular weight is 452 g/mol. The summed E-state index contributed by atoms with van der Waals surface area (Å²) < 4.78 is 0. The highest BCUT2D eigenvalue weighted by atomic mass is 32.1. The zero-order chi connectivity index (χ0) is 22.3. The van der Waals surface area contributed by atoms with E-state index in [0.29, 0.717) is 34.9 Å². The van der Waals surface area contributed by atoms with Crippen molar-refractivity contribution in [2.24, 2.45) is 5.92 Å². The summed E-state index contributed by atoms with van der Waals surface area (Å²) in [5.41, 5.74) is 1.62. The lowest BCUT2D eigenvalue weighted by Crippen LogP contribution is -2.16. The van der Waals surface area contributed by atoms with Gasteiger partial charge >= 0.3 is 0 Å². The number of pyridine rings is 1. The van der Waals surface area contributed by atoms with E-state index in [9.17, 15) is 9.59 Å². The van der Waals surface area contributed by atoms with E-state index in [4.69, 9.17) is 0 Å². The van der Waals surface area contributed by atoms with Gasteiger partial charge in [0.1, 0.15) is 5.01 Å². The highest BCUT2D eigenvalue weighted by Crippen LogP contribution is 2.41. The van der Waals surface area contributed by atoms with Crippen molar-refractivity contribution in [3.8, 4) is 0 Å². The summed E-state index contributed by atoms with van der Waals surface area (Å²) in [6, 6.07) is 9.19. The number of anilines is 2. The lowest BCUT2D eigenvalue weighted by molar-refractivity contribution is -0.116. The molecule has 3 heterocycles. The van der Waals surface area contributed by atoms with Gasteiger partial charge in [-0.1, -0.05) is 24.3 Å². The number of aromatic nitrogens is 5. The second kappa shape index (κ2) is 10.4. The third-order valence-corrected chi connectivity index (χ3v) is 6.45. The Morgan fingerprint density at radius 2 is 1.91 bits per heavy atom. The zero-order valence-electron chi connectivity index (χ0n) is 17.8. The molecule has 2 atom stereocenters. The third kappa shape index (κ3) is 5.91. The number of carbonyl (C=O) groups is 2. The van der Waals surface area contributed by atoms with Crippen molar-refractivity contribution < 1.29 is 9.59 Å². The van der Waals surface area contributed by atoms with Crippen LogP contribution in [0.2, 0.25) is 0 Å². The molecule has 2 amide bonds.